The number of allylic oxidation sites excluding steroid dienone is 2. The van der Waals surface area contributed by atoms with Gasteiger partial charge in [0, 0.05) is 100 Å². The number of ether oxygens (including phenoxy) is 5. The topological polar surface area (TPSA) is 422 Å². The lowest BCUT2D eigenvalue weighted by atomic mass is 9.89. The van der Waals surface area contributed by atoms with Crippen molar-refractivity contribution in [3.63, 3.8) is 0 Å². The van der Waals surface area contributed by atoms with Gasteiger partial charge in [-0.05, 0) is 150 Å². The molecule has 117 heavy (non-hydrogen) atoms. The van der Waals surface area contributed by atoms with Gasteiger partial charge in [-0.25, -0.2) is 19.2 Å². The molecule has 10 atom stereocenters. The van der Waals surface area contributed by atoms with Gasteiger partial charge in [-0.3, -0.25) is 57.6 Å². The van der Waals surface area contributed by atoms with E-state index in [4.69, 9.17) is 41.0 Å². The first-order valence-electron chi connectivity index (χ1n) is 40.8. The monoisotopic (exact) mass is 1660 g/mol. The van der Waals surface area contributed by atoms with Crippen LogP contribution >= 0.6 is 11.6 Å². The molecule has 31 nitrogen and oxygen atoms in total. The minimum Gasteiger partial charge on any atom is -0.456 e. The van der Waals surface area contributed by atoms with Gasteiger partial charge in [-0.1, -0.05) is 122 Å². The van der Waals surface area contributed by atoms with E-state index in [9.17, 15) is 67.1 Å². The maximum atomic E-state index is 15.1. The third-order valence-electron chi connectivity index (χ3n) is 20.4. The van der Waals surface area contributed by atoms with Crippen molar-refractivity contribution in [2.75, 3.05) is 72.0 Å². The fraction of sp³-hybridized carbons (Fsp3) is 0.612. The Kier molecular flexibility index (Phi) is 44.8. The number of carbonyl (C=O) groups excluding carboxylic acids is 15. The third kappa shape index (κ3) is 36.7. The Morgan fingerprint density at radius 2 is 1.38 bits per heavy atom. The van der Waals surface area contributed by atoms with Crippen molar-refractivity contribution in [2.45, 2.75) is 241 Å². The molecule has 2 heterocycles. The summed E-state index contributed by atoms with van der Waals surface area (Å²) in [5.41, 5.74) is 7.84. The van der Waals surface area contributed by atoms with Crippen molar-refractivity contribution in [3.05, 3.63) is 100 Å². The Labute approximate surface area is 693 Å². The summed E-state index contributed by atoms with van der Waals surface area (Å²) in [6.45, 7) is 19.9. The Morgan fingerprint density at radius 1 is 0.735 bits per heavy atom. The normalized spacial score (nSPS) is 20.6. The average Bonchev–Trinajstić information content (AvgIpc) is 0.989. The molecule has 0 saturated carbocycles. The summed E-state index contributed by atoms with van der Waals surface area (Å²) in [5.74, 6) is -8.80. The zero-order chi connectivity index (χ0) is 86.8. The number of benzene rings is 2. The fourth-order valence-electron chi connectivity index (χ4n) is 13.0. The highest BCUT2D eigenvalue weighted by Gasteiger charge is 2.38. The summed E-state index contributed by atoms with van der Waals surface area (Å²) >= 11 is 6.27. The minimum atomic E-state index is -1.34. The summed E-state index contributed by atoms with van der Waals surface area (Å²) in [6, 6.07) is 6.78. The highest BCUT2D eigenvalue weighted by Crippen LogP contribution is 2.26. The summed E-state index contributed by atoms with van der Waals surface area (Å²) in [5, 5.41) is 19.5. The number of rotatable bonds is 41. The number of amides is 12. The first-order chi connectivity index (χ1) is 55.5. The number of cyclic esters (lactones) is 2. The second-order valence-corrected chi connectivity index (χ2v) is 31.4. The highest BCUT2D eigenvalue weighted by molar-refractivity contribution is 6.30. The number of nitrogens with zero attached hydrogens (tertiary/aromatic N) is 3. The first-order valence-corrected chi connectivity index (χ1v) is 41.2. The number of primary amides is 1. The van der Waals surface area contributed by atoms with Crippen LogP contribution in [0.5, 0.6) is 0 Å². The van der Waals surface area contributed by atoms with Gasteiger partial charge in [0.2, 0.25) is 35.4 Å². The van der Waals surface area contributed by atoms with Crippen molar-refractivity contribution in [1.29, 1.82) is 0 Å². The largest absolute Gasteiger partial charge is 0.456 e. The minimum absolute atomic E-state index is 0.0504. The molecular formula is C85H126ClN11O20. The molecule has 0 aliphatic carbocycles. The van der Waals surface area contributed by atoms with Crippen LogP contribution in [-0.2, 0) is 99.0 Å². The van der Waals surface area contributed by atoms with Crippen LogP contribution in [-0.4, -0.2) is 213 Å². The summed E-state index contributed by atoms with van der Waals surface area (Å²) in [4.78, 5) is 205. The van der Waals surface area contributed by atoms with Gasteiger partial charge in [0.1, 0.15) is 42.7 Å². The first kappa shape index (κ1) is 99.5. The number of esters is 2. The summed E-state index contributed by atoms with van der Waals surface area (Å²) in [7, 11) is 2.81. The molecule has 2 aromatic rings. The van der Waals surface area contributed by atoms with E-state index in [1.54, 1.807) is 82.3 Å². The Balaban J connectivity index is 1.31. The van der Waals surface area contributed by atoms with E-state index >= 15 is 4.79 Å². The second-order valence-electron chi connectivity index (χ2n) is 30.9. The zero-order valence-electron chi connectivity index (χ0n) is 70.4. The van der Waals surface area contributed by atoms with Gasteiger partial charge in [0.15, 0.2) is 11.9 Å². The maximum absolute atomic E-state index is 15.1. The SMILES string of the molecule is C/C=C(\C)[C@H]1OC(=O)[C@@H](C)NC(=O)[C@H]([C@H](C)CC)NC(=O)CN(C)C(=O)[C@@H](Cc2ccc(Cl)cc2)N(C)C(=O)[C@H](CCCCCC(=O)CCOCCOCCNC(=O)OCc2ccc(NC(=O)C(CCCNC(N)=O)CC(=O)[C@@H](NC(=O)CCCCCN3C(=O)C=CC3=O)C(C)C)cc2)NC(=O)[C@@H](CC(C)C)OC(=O)/C(C)=C/CC[C@@H]1C. The van der Waals surface area contributed by atoms with Crippen molar-refractivity contribution >= 4 is 106 Å². The van der Waals surface area contributed by atoms with E-state index in [2.05, 4.69) is 37.2 Å². The molecular weight excluding hydrogens is 1530 g/mol. The number of nitrogens with two attached hydrogens (primary N) is 1. The molecule has 1 unspecified atom stereocenters. The van der Waals surface area contributed by atoms with E-state index < -0.39 is 120 Å². The number of carbonyl (C=O) groups is 15. The van der Waals surface area contributed by atoms with Crippen LogP contribution < -0.4 is 43.0 Å². The standard InChI is InChI=1S/C85H126ClN11O20/c1-14-55(7)75-79(106)90-59(11)83(110)117-76(56(8)15-2)57(9)24-22-25-58(10)82(109)116-69(48-53(3)4)78(105)92-66(80(107)96(13)67(49-60-30-34-63(86)35-31-60)81(108)95(12)51-71(101)94-75)28-19-16-18-27-65(98)40-44-113-46-47-114-45-42-89-85(112)115-52-61-32-36-64(37-33-61)91-77(104)62(26-23-41-88-84(87)111)50-68(99)74(54(5)6)93-70(100)29-20-17-21-43-97-72(102)38-39-73(97)103/h15,25,30-39,53-55,57,59,62,66-67,69,74-76H,14,16-24,26-29,40-52H2,1-13H3,(H,89,112)(H,90,106)(H,91,104)(H,92,105)(H,93,100)(H,94,101)(H3,87,88,111)/b56-15+,58-25+/t55-,57+,59-,62?,66+,67-,69-,74+,75+,76-/m1/s1. The molecule has 0 bridgehead atoms. The van der Waals surface area contributed by atoms with Crippen LogP contribution in [0.3, 0.4) is 0 Å². The van der Waals surface area contributed by atoms with E-state index in [1.165, 1.54) is 38.1 Å². The molecule has 0 radical (unpaired) electrons. The van der Waals surface area contributed by atoms with Crippen LogP contribution in [0.1, 0.15) is 196 Å². The summed E-state index contributed by atoms with van der Waals surface area (Å²) in [6.07, 6.45) is 8.08. The van der Waals surface area contributed by atoms with Gasteiger partial charge in [-0.15, -0.1) is 0 Å². The number of nitrogens with one attached hydrogen (secondary N) is 7. The van der Waals surface area contributed by atoms with Gasteiger partial charge >= 0.3 is 24.1 Å². The number of hydrogen-bond acceptors (Lipinski definition) is 20. The maximum Gasteiger partial charge on any atom is 0.407 e. The van der Waals surface area contributed by atoms with Crippen molar-refractivity contribution in [1.82, 2.24) is 46.6 Å². The Morgan fingerprint density at radius 3 is 2.03 bits per heavy atom. The Hall–Kier alpha value is -9.88. The number of alkyl carbamates (subject to hydrolysis) is 1. The molecule has 0 fully saturated rings. The molecule has 2 aromatic carbocycles. The number of imide groups is 1. The zero-order valence-corrected chi connectivity index (χ0v) is 71.2. The Bertz CT molecular complexity index is 3740. The number of unbranched alkanes of at least 4 members (excludes halogenated alkanes) is 4. The molecule has 0 spiro atoms. The predicted octanol–water partition coefficient (Wildman–Crippen LogP) is 8.36. The van der Waals surface area contributed by atoms with Crippen molar-refractivity contribution in [3.8, 4) is 0 Å². The molecule has 4 rings (SSSR count). The number of anilines is 1. The van der Waals surface area contributed by atoms with Crippen LogP contribution in [0.25, 0.3) is 0 Å². The number of likely N-dealkylation sites (N-methyl/N-ethyl adjacent to an activating group) is 2. The predicted molar refractivity (Wildman–Crippen MR) is 440 cm³/mol. The molecule has 32 heteroatoms. The molecule has 0 aromatic heterocycles. The number of urea groups is 1. The second kappa shape index (κ2) is 52.7. The van der Waals surface area contributed by atoms with Crippen molar-refractivity contribution in [2.24, 2.45) is 35.3 Å². The quantitative estimate of drug-likeness (QED) is 0.0102. The number of halogens is 1. The van der Waals surface area contributed by atoms with E-state index in [0.717, 1.165) is 15.4 Å². The summed E-state index contributed by atoms with van der Waals surface area (Å²) < 4.78 is 28.6. The van der Waals surface area contributed by atoms with Crippen LogP contribution in [0.4, 0.5) is 15.3 Å². The lowest BCUT2D eigenvalue weighted by molar-refractivity contribution is -0.154. The lowest BCUT2D eigenvalue weighted by Gasteiger charge is -2.34. The molecule has 12 amide bonds. The number of ketones is 2. The lowest BCUT2D eigenvalue weighted by Crippen LogP contribution is -2.58. The molecule has 648 valence electrons. The number of Topliss-reactive ketones (excluding diaryl/α,β-unsaturated/α-hetero) is 2. The van der Waals surface area contributed by atoms with Crippen LogP contribution in [0, 0.1) is 29.6 Å². The third-order valence-corrected chi connectivity index (χ3v) is 20.7. The number of hydrogen-bond donors (Lipinski definition) is 8. The molecule has 9 N–H and O–H groups in total. The fourth-order valence-corrected chi connectivity index (χ4v) is 13.2. The molecule has 0 saturated heterocycles. The van der Waals surface area contributed by atoms with Gasteiger partial charge in [0.25, 0.3) is 17.7 Å². The average molecular weight is 1660 g/mol. The highest BCUT2D eigenvalue weighted by atomic mass is 35.5. The van der Waals surface area contributed by atoms with E-state index in [-0.39, 0.29) is 157 Å². The van der Waals surface area contributed by atoms with Crippen molar-refractivity contribution < 1.29 is 95.6 Å². The van der Waals surface area contributed by atoms with Crippen LogP contribution in [0.15, 0.2) is 84.0 Å². The molecule has 2 aliphatic rings. The van der Waals surface area contributed by atoms with E-state index in [0.29, 0.717) is 86.0 Å². The van der Waals surface area contributed by atoms with Gasteiger partial charge < -0.3 is 76.4 Å². The van der Waals surface area contributed by atoms with Gasteiger partial charge in [-0.2, -0.15) is 0 Å². The van der Waals surface area contributed by atoms with Crippen LogP contribution in [0.2, 0.25) is 5.02 Å². The smallest absolute Gasteiger partial charge is 0.407 e. The van der Waals surface area contributed by atoms with E-state index in [1.807, 2.05) is 47.6 Å². The molecule has 2 aliphatic heterocycles. The van der Waals surface area contributed by atoms with Gasteiger partial charge in [0.05, 0.1) is 39.0 Å².